The monoisotopic (exact) mass is 269 g/mol. The largest absolute Gasteiger partial charge is 0.457 e. The van der Waals surface area contributed by atoms with Gasteiger partial charge in [0.2, 0.25) is 0 Å². The van der Waals surface area contributed by atoms with Crippen LogP contribution in [0.25, 0.3) is 0 Å². The van der Waals surface area contributed by atoms with Gasteiger partial charge in [0.05, 0.1) is 12.3 Å². The quantitative estimate of drug-likeness (QED) is 0.842. The van der Waals surface area contributed by atoms with Crippen LogP contribution in [-0.2, 0) is 0 Å². The molecule has 1 heterocycles. The number of hydrogen-bond acceptors (Lipinski definition) is 2. The topological polar surface area (TPSA) is 25.2 Å². The van der Waals surface area contributed by atoms with E-state index in [1.165, 1.54) is 30.4 Å². The lowest BCUT2D eigenvalue weighted by Gasteiger charge is -2.18. The summed E-state index contributed by atoms with van der Waals surface area (Å²) in [6.07, 6.45) is 7.79. The Balaban J connectivity index is 2.23. The molecule has 0 bridgehead atoms. The second kappa shape index (κ2) is 4.99. The van der Waals surface area contributed by atoms with Crippen LogP contribution in [0.4, 0.5) is 0 Å². The number of likely N-dealkylation sites (N-methyl/N-ethyl adjacent to an activating group) is 1. The van der Waals surface area contributed by atoms with Crippen LogP contribution in [0.5, 0.6) is 0 Å². The van der Waals surface area contributed by atoms with Crippen LogP contribution in [0.15, 0.2) is 33.1 Å². The first-order valence-electron chi connectivity index (χ1n) is 5.48. The highest BCUT2D eigenvalue weighted by Crippen LogP contribution is 2.34. The third-order valence-electron chi connectivity index (χ3n) is 2.81. The Morgan fingerprint density at radius 3 is 3.00 bits per heavy atom. The van der Waals surface area contributed by atoms with Crippen molar-refractivity contribution in [2.75, 3.05) is 6.54 Å². The molecule has 0 aliphatic heterocycles. The summed E-state index contributed by atoms with van der Waals surface area (Å²) in [5, 5.41) is 3.51. The van der Waals surface area contributed by atoms with Gasteiger partial charge in [-0.05, 0) is 47.8 Å². The summed E-state index contributed by atoms with van der Waals surface area (Å²) in [7, 11) is 0. The van der Waals surface area contributed by atoms with E-state index in [-0.39, 0.29) is 0 Å². The molecule has 0 spiro atoms. The Kier molecular flexibility index (Phi) is 3.65. The van der Waals surface area contributed by atoms with Crippen molar-refractivity contribution in [3.8, 4) is 0 Å². The Morgan fingerprint density at radius 1 is 1.60 bits per heavy atom. The first-order valence-corrected chi connectivity index (χ1v) is 6.27. The second-order valence-electron chi connectivity index (χ2n) is 3.81. The van der Waals surface area contributed by atoms with Gasteiger partial charge in [-0.1, -0.05) is 18.6 Å². The van der Waals surface area contributed by atoms with Crippen molar-refractivity contribution in [2.45, 2.75) is 32.2 Å². The highest BCUT2D eigenvalue weighted by molar-refractivity contribution is 9.10. The van der Waals surface area contributed by atoms with Gasteiger partial charge in [-0.2, -0.15) is 0 Å². The smallest absolute Gasteiger partial charge is 0.174 e. The van der Waals surface area contributed by atoms with Gasteiger partial charge in [-0.3, -0.25) is 0 Å². The molecule has 1 aliphatic rings. The van der Waals surface area contributed by atoms with Gasteiger partial charge in [0.15, 0.2) is 4.67 Å². The van der Waals surface area contributed by atoms with E-state index in [2.05, 4.69) is 34.2 Å². The fraction of sp³-hybridized carbons (Fsp3) is 0.500. The van der Waals surface area contributed by atoms with Crippen molar-refractivity contribution in [3.63, 3.8) is 0 Å². The van der Waals surface area contributed by atoms with Gasteiger partial charge in [-0.15, -0.1) is 0 Å². The molecule has 1 aliphatic carbocycles. The molecule has 0 fully saturated rings. The van der Waals surface area contributed by atoms with E-state index < -0.39 is 0 Å². The first-order chi connectivity index (χ1) is 7.33. The molecule has 1 aromatic heterocycles. The van der Waals surface area contributed by atoms with Crippen LogP contribution in [0.2, 0.25) is 0 Å². The highest BCUT2D eigenvalue weighted by Gasteiger charge is 2.21. The van der Waals surface area contributed by atoms with Gasteiger partial charge < -0.3 is 9.73 Å². The minimum atomic E-state index is 0.325. The number of hydrogen-bond donors (Lipinski definition) is 1. The molecule has 15 heavy (non-hydrogen) atoms. The van der Waals surface area contributed by atoms with E-state index in [4.69, 9.17) is 4.42 Å². The zero-order valence-electron chi connectivity index (χ0n) is 8.92. The molecule has 2 rings (SSSR count). The molecule has 0 saturated carbocycles. The Bertz CT molecular complexity index is 356. The predicted octanol–water partition coefficient (Wildman–Crippen LogP) is 3.80. The standard InChI is InChI=1S/C12H16BrNO/c1-2-14-11(9-5-3-4-6-9)10-7-8-15-12(10)13/h5,7-8,11,14H,2-4,6H2,1H3. The van der Waals surface area contributed by atoms with Gasteiger partial charge in [0, 0.05) is 5.56 Å². The number of allylic oxidation sites excluding steroid dienone is 1. The normalized spacial score (nSPS) is 17.9. The average Bonchev–Trinajstić information content (AvgIpc) is 2.85. The van der Waals surface area contributed by atoms with Gasteiger partial charge in [0.1, 0.15) is 0 Å². The van der Waals surface area contributed by atoms with Crippen molar-refractivity contribution in [1.82, 2.24) is 5.32 Å². The van der Waals surface area contributed by atoms with Crippen molar-refractivity contribution < 1.29 is 4.42 Å². The number of nitrogens with one attached hydrogen (secondary N) is 1. The zero-order chi connectivity index (χ0) is 10.7. The van der Waals surface area contributed by atoms with Crippen molar-refractivity contribution in [1.29, 1.82) is 0 Å². The van der Waals surface area contributed by atoms with Crippen LogP contribution in [0.3, 0.4) is 0 Å². The summed E-state index contributed by atoms with van der Waals surface area (Å²) >= 11 is 3.45. The van der Waals surface area contributed by atoms with Crippen molar-refractivity contribution in [2.24, 2.45) is 0 Å². The third-order valence-corrected chi connectivity index (χ3v) is 3.46. The zero-order valence-corrected chi connectivity index (χ0v) is 10.5. The molecule has 1 aromatic rings. The SMILES string of the molecule is CCNC(C1=CCCC1)c1ccoc1Br. The molecule has 1 atom stereocenters. The second-order valence-corrected chi connectivity index (χ2v) is 4.53. The lowest BCUT2D eigenvalue weighted by molar-refractivity contribution is 0.523. The molecule has 0 aromatic carbocycles. The van der Waals surface area contributed by atoms with E-state index in [1.807, 2.05) is 6.07 Å². The van der Waals surface area contributed by atoms with Gasteiger partial charge in [0.25, 0.3) is 0 Å². The predicted molar refractivity (Wildman–Crippen MR) is 64.8 cm³/mol. The maximum atomic E-state index is 5.30. The molecule has 2 nitrogen and oxygen atoms in total. The Morgan fingerprint density at radius 2 is 2.47 bits per heavy atom. The molecule has 0 saturated heterocycles. The fourth-order valence-electron chi connectivity index (χ4n) is 2.11. The van der Waals surface area contributed by atoms with Crippen LogP contribution in [0.1, 0.15) is 37.8 Å². The van der Waals surface area contributed by atoms with Crippen LogP contribution < -0.4 is 5.32 Å². The minimum absolute atomic E-state index is 0.325. The minimum Gasteiger partial charge on any atom is -0.457 e. The Hall–Kier alpha value is -0.540. The van der Waals surface area contributed by atoms with Crippen molar-refractivity contribution >= 4 is 15.9 Å². The van der Waals surface area contributed by atoms with Gasteiger partial charge in [-0.25, -0.2) is 0 Å². The van der Waals surface area contributed by atoms with E-state index in [0.29, 0.717) is 6.04 Å². The Labute approximate surface area is 98.9 Å². The summed E-state index contributed by atoms with van der Waals surface area (Å²) in [4.78, 5) is 0. The van der Waals surface area contributed by atoms with Crippen LogP contribution in [-0.4, -0.2) is 6.54 Å². The molecular formula is C12H16BrNO. The molecular weight excluding hydrogens is 254 g/mol. The number of furan rings is 1. The van der Waals surface area contributed by atoms with E-state index in [1.54, 1.807) is 6.26 Å². The summed E-state index contributed by atoms with van der Waals surface area (Å²) in [6.45, 7) is 3.11. The fourth-order valence-corrected chi connectivity index (χ4v) is 2.58. The lowest BCUT2D eigenvalue weighted by atomic mass is 10.0. The summed E-state index contributed by atoms with van der Waals surface area (Å²) in [5.74, 6) is 0. The number of rotatable bonds is 4. The maximum Gasteiger partial charge on any atom is 0.174 e. The van der Waals surface area contributed by atoms with Crippen LogP contribution >= 0.6 is 15.9 Å². The first kappa shape index (κ1) is 11.0. The lowest BCUT2D eigenvalue weighted by Crippen LogP contribution is -2.22. The summed E-state index contributed by atoms with van der Waals surface area (Å²) < 4.78 is 6.15. The highest BCUT2D eigenvalue weighted by atomic mass is 79.9. The molecule has 1 unspecified atom stereocenters. The molecule has 3 heteroatoms. The van der Waals surface area contributed by atoms with E-state index in [9.17, 15) is 0 Å². The van der Waals surface area contributed by atoms with E-state index >= 15 is 0 Å². The molecule has 0 radical (unpaired) electrons. The van der Waals surface area contributed by atoms with E-state index in [0.717, 1.165) is 11.2 Å². The maximum absolute atomic E-state index is 5.30. The molecule has 0 amide bonds. The van der Waals surface area contributed by atoms with Crippen LogP contribution in [0, 0.1) is 0 Å². The van der Waals surface area contributed by atoms with Gasteiger partial charge >= 0.3 is 0 Å². The third kappa shape index (κ3) is 2.34. The molecule has 1 N–H and O–H groups in total. The molecule has 82 valence electrons. The summed E-state index contributed by atoms with van der Waals surface area (Å²) in [5.41, 5.74) is 2.71. The van der Waals surface area contributed by atoms with Crippen molar-refractivity contribution in [3.05, 3.63) is 34.2 Å². The average molecular weight is 270 g/mol. The summed E-state index contributed by atoms with van der Waals surface area (Å²) in [6, 6.07) is 2.36. The number of halogens is 1.